The molecular weight excluding hydrogens is 244 g/mol. The van der Waals surface area contributed by atoms with Crippen molar-refractivity contribution in [2.75, 3.05) is 5.32 Å². The van der Waals surface area contributed by atoms with Crippen molar-refractivity contribution in [1.82, 2.24) is 0 Å². The van der Waals surface area contributed by atoms with E-state index < -0.39 is 0 Å². The fraction of sp³-hybridized carbons (Fsp3) is 0.133. The first-order valence-corrected chi connectivity index (χ1v) is 6.02. The average molecular weight is 257 g/mol. The van der Waals surface area contributed by atoms with Gasteiger partial charge in [0, 0.05) is 10.7 Å². The maximum atomic E-state index is 9.09. The molecular formula is C15H13ClN2. The van der Waals surface area contributed by atoms with E-state index in [1.165, 1.54) is 0 Å². The molecule has 0 amide bonds. The lowest BCUT2D eigenvalue weighted by molar-refractivity contribution is 1.35. The average Bonchev–Trinajstić information content (AvgIpc) is 2.34. The molecule has 2 nitrogen and oxygen atoms in total. The summed E-state index contributed by atoms with van der Waals surface area (Å²) in [5.74, 6) is 0. The van der Waals surface area contributed by atoms with Crippen molar-refractivity contribution < 1.29 is 0 Å². The lowest BCUT2D eigenvalue weighted by Gasteiger charge is -2.13. The Balaban J connectivity index is 2.46. The van der Waals surface area contributed by atoms with E-state index in [4.69, 9.17) is 16.9 Å². The molecule has 0 saturated carbocycles. The van der Waals surface area contributed by atoms with Crippen LogP contribution in [0.4, 0.5) is 11.4 Å². The third-order valence-corrected chi connectivity index (χ3v) is 3.08. The Kier molecular flexibility index (Phi) is 3.55. The molecule has 0 aliphatic heterocycles. The topological polar surface area (TPSA) is 35.8 Å². The van der Waals surface area contributed by atoms with Crippen molar-refractivity contribution in [1.29, 1.82) is 5.26 Å². The van der Waals surface area contributed by atoms with Crippen molar-refractivity contribution in [2.45, 2.75) is 13.8 Å². The number of anilines is 2. The molecule has 3 heteroatoms. The second-order valence-electron chi connectivity index (χ2n) is 4.19. The van der Waals surface area contributed by atoms with Gasteiger partial charge in [0.25, 0.3) is 0 Å². The van der Waals surface area contributed by atoms with Gasteiger partial charge in [-0.3, -0.25) is 0 Å². The second kappa shape index (κ2) is 5.12. The van der Waals surface area contributed by atoms with E-state index >= 15 is 0 Å². The molecule has 0 unspecified atom stereocenters. The number of nitrogens with zero attached hydrogens (tertiary/aromatic N) is 1. The monoisotopic (exact) mass is 256 g/mol. The quantitative estimate of drug-likeness (QED) is 0.854. The summed E-state index contributed by atoms with van der Waals surface area (Å²) in [7, 11) is 0. The van der Waals surface area contributed by atoms with Crippen LogP contribution in [0.25, 0.3) is 0 Å². The highest BCUT2D eigenvalue weighted by Gasteiger charge is 2.07. The van der Waals surface area contributed by atoms with Crippen LogP contribution in [0, 0.1) is 25.2 Å². The normalized spacial score (nSPS) is 9.89. The van der Waals surface area contributed by atoms with Gasteiger partial charge in [-0.25, -0.2) is 0 Å². The lowest BCUT2D eigenvalue weighted by Crippen LogP contribution is -1.98. The molecule has 1 N–H and O–H groups in total. The van der Waals surface area contributed by atoms with E-state index in [0.717, 1.165) is 22.5 Å². The highest BCUT2D eigenvalue weighted by Crippen LogP contribution is 2.28. The van der Waals surface area contributed by atoms with Crippen molar-refractivity contribution >= 4 is 23.0 Å². The molecule has 0 aliphatic carbocycles. The standard InChI is InChI=1S/C15H13ClN2/c1-10-4-3-5-11(2)15(10)18-14-8-13(16)7-6-12(14)9-17/h3-8,18H,1-2H3. The number of para-hydroxylation sites is 1. The second-order valence-corrected chi connectivity index (χ2v) is 4.63. The van der Waals surface area contributed by atoms with Crippen molar-refractivity contribution in [3.05, 3.63) is 58.1 Å². The number of hydrogen-bond acceptors (Lipinski definition) is 2. The Hall–Kier alpha value is -1.98. The summed E-state index contributed by atoms with van der Waals surface area (Å²) < 4.78 is 0. The summed E-state index contributed by atoms with van der Waals surface area (Å²) in [5.41, 5.74) is 4.62. The summed E-state index contributed by atoms with van der Waals surface area (Å²) in [6.45, 7) is 4.07. The van der Waals surface area contributed by atoms with E-state index in [1.54, 1.807) is 18.2 Å². The first kappa shape index (κ1) is 12.5. The van der Waals surface area contributed by atoms with Gasteiger partial charge in [-0.2, -0.15) is 5.26 Å². The highest BCUT2D eigenvalue weighted by molar-refractivity contribution is 6.30. The molecule has 18 heavy (non-hydrogen) atoms. The SMILES string of the molecule is Cc1cccc(C)c1Nc1cc(Cl)ccc1C#N. The van der Waals surface area contributed by atoms with E-state index in [0.29, 0.717) is 10.6 Å². The van der Waals surface area contributed by atoms with Crippen LogP contribution in [0.15, 0.2) is 36.4 Å². The van der Waals surface area contributed by atoms with Gasteiger partial charge < -0.3 is 5.32 Å². The largest absolute Gasteiger partial charge is 0.354 e. The van der Waals surface area contributed by atoms with Crippen LogP contribution >= 0.6 is 11.6 Å². The van der Waals surface area contributed by atoms with Gasteiger partial charge in [-0.1, -0.05) is 29.8 Å². The summed E-state index contributed by atoms with van der Waals surface area (Å²) in [6, 6.07) is 13.4. The summed E-state index contributed by atoms with van der Waals surface area (Å²) in [6.07, 6.45) is 0. The lowest BCUT2D eigenvalue weighted by atomic mass is 10.1. The summed E-state index contributed by atoms with van der Waals surface area (Å²) >= 11 is 5.97. The van der Waals surface area contributed by atoms with Gasteiger partial charge in [0.15, 0.2) is 0 Å². The Morgan fingerprint density at radius 1 is 1.11 bits per heavy atom. The minimum absolute atomic E-state index is 0.585. The fourth-order valence-electron chi connectivity index (χ4n) is 1.86. The van der Waals surface area contributed by atoms with Crippen molar-refractivity contribution in [3.8, 4) is 6.07 Å². The first-order chi connectivity index (χ1) is 8.61. The highest BCUT2D eigenvalue weighted by atomic mass is 35.5. The van der Waals surface area contributed by atoms with Crippen LogP contribution in [0.1, 0.15) is 16.7 Å². The van der Waals surface area contributed by atoms with Gasteiger partial charge in [-0.15, -0.1) is 0 Å². The predicted octanol–water partition coefficient (Wildman–Crippen LogP) is 4.57. The van der Waals surface area contributed by atoms with Crippen LogP contribution in [-0.2, 0) is 0 Å². The summed E-state index contributed by atoms with van der Waals surface area (Å²) in [5, 5.41) is 13.0. The van der Waals surface area contributed by atoms with Crippen LogP contribution in [0.3, 0.4) is 0 Å². The van der Waals surface area contributed by atoms with Crippen molar-refractivity contribution in [2.24, 2.45) is 0 Å². The number of nitrogens with one attached hydrogen (secondary N) is 1. The van der Waals surface area contributed by atoms with E-state index in [2.05, 4.69) is 11.4 Å². The van der Waals surface area contributed by atoms with Gasteiger partial charge in [0.05, 0.1) is 11.3 Å². The molecule has 0 bridgehead atoms. The van der Waals surface area contributed by atoms with Crippen LogP contribution in [-0.4, -0.2) is 0 Å². The van der Waals surface area contributed by atoms with E-state index in [9.17, 15) is 0 Å². The van der Waals surface area contributed by atoms with Crippen molar-refractivity contribution in [3.63, 3.8) is 0 Å². The first-order valence-electron chi connectivity index (χ1n) is 5.64. The number of nitriles is 1. The Bertz CT molecular complexity index is 607. The molecule has 0 aromatic heterocycles. The fourth-order valence-corrected chi connectivity index (χ4v) is 2.04. The van der Waals surface area contributed by atoms with Crippen LogP contribution < -0.4 is 5.32 Å². The minimum atomic E-state index is 0.585. The Morgan fingerprint density at radius 3 is 2.39 bits per heavy atom. The molecule has 0 aliphatic rings. The smallest absolute Gasteiger partial charge is 0.101 e. The Morgan fingerprint density at radius 2 is 1.78 bits per heavy atom. The number of halogens is 1. The molecule has 0 atom stereocenters. The van der Waals surface area contributed by atoms with Gasteiger partial charge in [0.2, 0.25) is 0 Å². The van der Waals surface area contributed by atoms with Gasteiger partial charge >= 0.3 is 0 Å². The molecule has 0 fully saturated rings. The molecule has 0 saturated heterocycles. The third kappa shape index (κ3) is 2.47. The molecule has 2 aromatic rings. The number of rotatable bonds is 2. The zero-order valence-corrected chi connectivity index (χ0v) is 11.0. The number of aryl methyl sites for hydroxylation is 2. The minimum Gasteiger partial charge on any atom is -0.354 e. The molecule has 2 aromatic carbocycles. The molecule has 90 valence electrons. The van der Waals surface area contributed by atoms with Gasteiger partial charge in [0.1, 0.15) is 6.07 Å². The zero-order chi connectivity index (χ0) is 13.1. The van der Waals surface area contributed by atoms with Crippen LogP contribution in [0.2, 0.25) is 5.02 Å². The van der Waals surface area contributed by atoms with Gasteiger partial charge in [-0.05, 0) is 43.2 Å². The summed E-state index contributed by atoms with van der Waals surface area (Å²) in [4.78, 5) is 0. The molecule has 0 spiro atoms. The maximum absolute atomic E-state index is 9.09. The molecule has 0 heterocycles. The predicted molar refractivity (Wildman–Crippen MR) is 75.4 cm³/mol. The maximum Gasteiger partial charge on any atom is 0.101 e. The number of benzene rings is 2. The number of hydrogen-bond donors (Lipinski definition) is 1. The Labute approximate surface area is 112 Å². The van der Waals surface area contributed by atoms with Crippen LogP contribution in [0.5, 0.6) is 0 Å². The van der Waals surface area contributed by atoms with E-state index in [-0.39, 0.29) is 0 Å². The zero-order valence-electron chi connectivity index (χ0n) is 10.3. The van der Waals surface area contributed by atoms with E-state index in [1.807, 2.05) is 32.0 Å². The third-order valence-electron chi connectivity index (χ3n) is 2.84. The molecule has 2 rings (SSSR count). The molecule has 0 radical (unpaired) electrons.